The number of hydrogen-bond acceptors (Lipinski definition) is 4. The molecule has 0 saturated heterocycles. The van der Waals surface area contributed by atoms with Crippen LogP contribution in [0.25, 0.3) is 0 Å². The number of carboxylic acid groups (broad SMARTS) is 1. The van der Waals surface area contributed by atoms with Crippen molar-refractivity contribution in [2.45, 2.75) is 110 Å². The van der Waals surface area contributed by atoms with Crippen LogP contribution >= 0.6 is 0 Å². The average Bonchev–Trinajstić information content (AvgIpc) is 2.78. The van der Waals surface area contributed by atoms with Gasteiger partial charge in [0.25, 0.3) is 0 Å². The predicted octanol–water partition coefficient (Wildman–Crippen LogP) is 7.73. The van der Waals surface area contributed by atoms with E-state index >= 15 is 0 Å². The third kappa shape index (κ3) is 13.9. The third-order valence-electron chi connectivity index (χ3n) is 5.59. The van der Waals surface area contributed by atoms with Crippen molar-refractivity contribution in [1.82, 2.24) is 0 Å². The van der Waals surface area contributed by atoms with Gasteiger partial charge in [-0.1, -0.05) is 115 Å². The highest BCUT2D eigenvalue weighted by Crippen LogP contribution is 2.14. The standard InChI is InChI=1S/C26H42O5/c1-2-3-4-5-6-7-8-9-10-11-12-13-14-15-16-19-22-30-31-26(29)24-21-18-17-20-23(24)25(27)28/h17-18,20-21H,2-16,19,22H2,1H3,(H,27,28). The van der Waals surface area contributed by atoms with E-state index in [1.54, 1.807) is 12.1 Å². The van der Waals surface area contributed by atoms with Crippen molar-refractivity contribution >= 4 is 11.9 Å². The van der Waals surface area contributed by atoms with Gasteiger partial charge in [0.05, 0.1) is 17.7 Å². The molecule has 0 radical (unpaired) electrons. The van der Waals surface area contributed by atoms with Crippen molar-refractivity contribution < 1.29 is 24.5 Å². The summed E-state index contributed by atoms with van der Waals surface area (Å²) in [6.07, 6.45) is 20.8. The van der Waals surface area contributed by atoms with Crippen LogP contribution in [-0.2, 0) is 9.78 Å². The Bertz CT molecular complexity index is 599. The molecule has 0 aliphatic heterocycles. The average molecular weight is 435 g/mol. The zero-order valence-electron chi connectivity index (χ0n) is 19.4. The molecule has 0 spiro atoms. The summed E-state index contributed by atoms with van der Waals surface area (Å²) in [5, 5.41) is 9.09. The molecule has 0 amide bonds. The van der Waals surface area contributed by atoms with E-state index in [0.29, 0.717) is 6.61 Å². The lowest BCUT2D eigenvalue weighted by molar-refractivity contribution is -0.241. The zero-order chi connectivity index (χ0) is 22.6. The van der Waals surface area contributed by atoms with E-state index in [-0.39, 0.29) is 11.1 Å². The Kier molecular flexibility index (Phi) is 16.5. The van der Waals surface area contributed by atoms with Crippen LogP contribution in [0, 0.1) is 0 Å². The van der Waals surface area contributed by atoms with Gasteiger partial charge in [0.1, 0.15) is 0 Å². The van der Waals surface area contributed by atoms with Gasteiger partial charge >= 0.3 is 11.9 Å². The lowest BCUT2D eigenvalue weighted by Gasteiger charge is -2.06. The fourth-order valence-electron chi connectivity index (χ4n) is 3.70. The van der Waals surface area contributed by atoms with Crippen molar-refractivity contribution in [3.05, 3.63) is 35.4 Å². The number of carboxylic acids is 1. The molecule has 1 aromatic rings. The van der Waals surface area contributed by atoms with Crippen LogP contribution in [0.2, 0.25) is 0 Å². The molecule has 0 bridgehead atoms. The Labute approximate surface area is 188 Å². The summed E-state index contributed by atoms with van der Waals surface area (Å²) in [6.45, 7) is 2.60. The lowest BCUT2D eigenvalue weighted by Crippen LogP contribution is -2.12. The number of carbonyl (C=O) groups is 2. The second kappa shape index (κ2) is 18.9. The summed E-state index contributed by atoms with van der Waals surface area (Å²) in [7, 11) is 0. The lowest BCUT2D eigenvalue weighted by atomic mass is 10.0. The van der Waals surface area contributed by atoms with Crippen molar-refractivity contribution in [2.24, 2.45) is 0 Å². The maximum atomic E-state index is 11.9. The number of hydrogen-bond donors (Lipinski definition) is 1. The van der Waals surface area contributed by atoms with Gasteiger partial charge in [-0.05, 0) is 18.6 Å². The molecular weight excluding hydrogens is 392 g/mol. The molecule has 0 fully saturated rings. The van der Waals surface area contributed by atoms with Crippen LogP contribution in [0.15, 0.2) is 24.3 Å². The van der Waals surface area contributed by atoms with Crippen LogP contribution in [0.3, 0.4) is 0 Å². The third-order valence-corrected chi connectivity index (χ3v) is 5.59. The predicted molar refractivity (Wildman–Crippen MR) is 124 cm³/mol. The highest BCUT2D eigenvalue weighted by Gasteiger charge is 2.17. The van der Waals surface area contributed by atoms with E-state index in [9.17, 15) is 9.59 Å². The van der Waals surface area contributed by atoms with Gasteiger partial charge < -0.3 is 5.11 Å². The minimum absolute atomic E-state index is 0.00183. The quantitative estimate of drug-likeness (QED) is 0.129. The van der Waals surface area contributed by atoms with Crippen molar-refractivity contribution in [3.63, 3.8) is 0 Å². The second-order valence-electron chi connectivity index (χ2n) is 8.35. The number of benzene rings is 1. The first-order chi connectivity index (χ1) is 15.2. The topological polar surface area (TPSA) is 72.8 Å². The minimum Gasteiger partial charge on any atom is -0.478 e. The summed E-state index contributed by atoms with van der Waals surface area (Å²) >= 11 is 0. The Morgan fingerprint density at radius 2 is 1.10 bits per heavy atom. The molecule has 0 aliphatic rings. The highest BCUT2D eigenvalue weighted by atomic mass is 17.2. The Morgan fingerprint density at radius 1 is 0.677 bits per heavy atom. The molecule has 0 unspecified atom stereocenters. The smallest absolute Gasteiger partial charge is 0.373 e. The van der Waals surface area contributed by atoms with Gasteiger partial charge in [-0.2, -0.15) is 4.89 Å². The SMILES string of the molecule is CCCCCCCCCCCCCCCCCCOOC(=O)c1ccccc1C(=O)O. The molecule has 0 aliphatic carbocycles. The van der Waals surface area contributed by atoms with E-state index in [1.807, 2.05) is 0 Å². The van der Waals surface area contributed by atoms with Crippen molar-refractivity contribution in [2.75, 3.05) is 6.61 Å². The van der Waals surface area contributed by atoms with Crippen LogP contribution in [0.4, 0.5) is 0 Å². The van der Waals surface area contributed by atoms with Gasteiger partial charge in [-0.3, -0.25) is 4.89 Å². The normalized spacial score (nSPS) is 10.9. The maximum absolute atomic E-state index is 11.9. The Hall–Kier alpha value is -1.88. The summed E-state index contributed by atoms with van der Waals surface area (Å²) in [5.41, 5.74) is -0.0829. The number of carbonyl (C=O) groups excluding carboxylic acids is 1. The summed E-state index contributed by atoms with van der Waals surface area (Å²) < 4.78 is 0. The minimum atomic E-state index is -1.16. The highest BCUT2D eigenvalue weighted by molar-refractivity contribution is 6.02. The van der Waals surface area contributed by atoms with Crippen LogP contribution in [-0.4, -0.2) is 23.7 Å². The zero-order valence-corrected chi connectivity index (χ0v) is 19.4. The summed E-state index contributed by atoms with van der Waals surface area (Å²) in [4.78, 5) is 32.8. The first-order valence-electron chi connectivity index (χ1n) is 12.3. The summed E-state index contributed by atoms with van der Waals surface area (Å²) in [6, 6.07) is 5.95. The van der Waals surface area contributed by atoms with Crippen LogP contribution < -0.4 is 0 Å². The molecular formula is C26H42O5. The fourth-order valence-corrected chi connectivity index (χ4v) is 3.70. The van der Waals surface area contributed by atoms with Crippen LogP contribution in [0.1, 0.15) is 130 Å². The number of aromatic carboxylic acids is 1. The van der Waals surface area contributed by atoms with E-state index in [0.717, 1.165) is 19.3 Å². The van der Waals surface area contributed by atoms with E-state index in [1.165, 1.54) is 95.6 Å². The number of unbranched alkanes of at least 4 members (excludes halogenated alkanes) is 15. The molecule has 0 heterocycles. The molecule has 0 aromatic heterocycles. The van der Waals surface area contributed by atoms with E-state index < -0.39 is 11.9 Å². The van der Waals surface area contributed by atoms with Gasteiger partial charge in [0.2, 0.25) is 0 Å². The first kappa shape index (κ1) is 27.2. The molecule has 1 aromatic carbocycles. The van der Waals surface area contributed by atoms with Gasteiger partial charge in [-0.15, -0.1) is 0 Å². The van der Waals surface area contributed by atoms with E-state index in [4.69, 9.17) is 14.9 Å². The molecule has 176 valence electrons. The molecule has 1 N–H and O–H groups in total. The second-order valence-corrected chi connectivity index (χ2v) is 8.35. The van der Waals surface area contributed by atoms with Crippen molar-refractivity contribution in [3.8, 4) is 0 Å². The van der Waals surface area contributed by atoms with E-state index in [2.05, 4.69) is 6.92 Å². The van der Waals surface area contributed by atoms with Crippen molar-refractivity contribution in [1.29, 1.82) is 0 Å². The molecule has 0 atom stereocenters. The Balaban J connectivity index is 1.87. The van der Waals surface area contributed by atoms with Gasteiger partial charge in [-0.25, -0.2) is 9.59 Å². The monoisotopic (exact) mass is 434 g/mol. The summed E-state index contributed by atoms with van der Waals surface area (Å²) in [5.74, 6) is -1.93. The molecule has 5 heteroatoms. The largest absolute Gasteiger partial charge is 0.478 e. The fraction of sp³-hybridized carbons (Fsp3) is 0.692. The molecule has 0 saturated carbocycles. The molecule has 31 heavy (non-hydrogen) atoms. The molecule has 5 nitrogen and oxygen atoms in total. The molecule has 1 rings (SSSR count). The van der Waals surface area contributed by atoms with Crippen LogP contribution in [0.5, 0.6) is 0 Å². The Morgan fingerprint density at radius 3 is 1.55 bits per heavy atom. The maximum Gasteiger partial charge on any atom is 0.373 e. The van der Waals surface area contributed by atoms with Gasteiger partial charge in [0, 0.05) is 0 Å². The van der Waals surface area contributed by atoms with Gasteiger partial charge in [0.15, 0.2) is 0 Å². The number of rotatable bonds is 20. The first-order valence-corrected chi connectivity index (χ1v) is 12.3.